The average Bonchev–Trinajstić information content (AvgIpc) is 2.65. The topological polar surface area (TPSA) is 59.8 Å². The summed E-state index contributed by atoms with van der Waals surface area (Å²) in [5.41, 5.74) is 1.93. The van der Waals surface area contributed by atoms with Gasteiger partial charge in [-0.15, -0.1) is 0 Å². The Bertz CT molecular complexity index is 649. The van der Waals surface area contributed by atoms with Crippen LogP contribution in [0.1, 0.15) is 35.7 Å². The second-order valence-corrected chi connectivity index (χ2v) is 5.70. The van der Waals surface area contributed by atoms with Gasteiger partial charge in [0.25, 0.3) is 5.91 Å². The lowest BCUT2D eigenvalue weighted by Crippen LogP contribution is -2.18. The molecule has 0 bridgehead atoms. The van der Waals surface area contributed by atoms with E-state index in [-0.39, 0.29) is 11.9 Å². The van der Waals surface area contributed by atoms with E-state index in [1.54, 1.807) is 6.07 Å². The number of carbonyl (C=O) groups excluding carboxylic acids is 1. The van der Waals surface area contributed by atoms with Gasteiger partial charge in [-0.2, -0.15) is 9.78 Å². The van der Waals surface area contributed by atoms with Gasteiger partial charge < -0.3 is 5.32 Å². The summed E-state index contributed by atoms with van der Waals surface area (Å²) in [6.07, 6.45) is 0. The van der Waals surface area contributed by atoms with Gasteiger partial charge in [0.2, 0.25) is 0 Å². The van der Waals surface area contributed by atoms with Gasteiger partial charge in [-0.1, -0.05) is 6.07 Å². The minimum absolute atomic E-state index is 0.233. The van der Waals surface area contributed by atoms with Crippen LogP contribution in [-0.4, -0.2) is 26.7 Å². The molecular formula is C14H17BrN4O. The molecule has 2 heterocycles. The zero-order valence-corrected chi connectivity index (χ0v) is 13.5. The van der Waals surface area contributed by atoms with E-state index < -0.39 is 0 Å². The Morgan fingerprint density at radius 3 is 2.60 bits per heavy atom. The van der Waals surface area contributed by atoms with Crippen LogP contribution in [0.4, 0.5) is 5.82 Å². The molecule has 0 atom stereocenters. The molecule has 0 fully saturated rings. The predicted molar refractivity (Wildman–Crippen MR) is 82.1 cm³/mol. The number of carbonyl (C=O) groups is 1. The molecule has 6 heteroatoms. The van der Waals surface area contributed by atoms with Crippen molar-refractivity contribution in [2.24, 2.45) is 0 Å². The van der Waals surface area contributed by atoms with Crippen molar-refractivity contribution in [3.8, 4) is 0 Å². The van der Waals surface area contributed by atoms with Crippen molar-refractivity contribution >= 4 is 27.7 Å². The van der Waals surface area contributed by atoms with Crippen LogP contribution in [0.25, 0.3) is 0 Å². The van der Waals surface area contributed by atoms with E-state index in [9.17, 15) is 4.79 Å². The van der Waals surface area contributed by atoms with Gasteiger partial charge in [-0.3, -0.25) is 4.79 Å². The van der Waals surface area contributed by atoms with Gasteiger partial charge in [-0.05, 0) is 55.8 Å². The van der Waals surface area contributed by atoms with Crippen molar-refractivity contribution in [1.82, 2.24) is 14.8 Å². The van der Waals surface area contributed by atoms with Crippen LogP contribution in [0, 0.1) is 13.8 Å². The van der Waals surface area contributed by atoms with Gasteiger partial charge in [0.05, 0.1) is 15.9 Å². The third-order valence-corrected chi connectivity index (χ3v) is 3.95. The quantitative estimate of drug-likeness (QED) is 0.935. The Balaban J connectivity index is 2.36. The lowest BCUT2D eigenvalue weighted by Gasteiger charge is -2.10. The Labute approximate surface area is 126 Å². The van der Waals surface area contributed by atoms with Crippen LogP contribution in [0.15, 0.2) is 22.7 Å². The maximum absolute atomic E-state index is 12.5. The Hall–Kier alpha value is -1.69. The molecule has 2 aromatic heterocycles. The molecule has 0 aromatic carbocycles. The number of halogens is 1. The minimum atomic E-state index is -0.233. The largest absolute Gasteiger partial charge is 0.368 e. The second-order valence-electron chi connectivity index (χ2n) is 4.91. The molecule has 1 N–H and O–H groups in total. The molecule has 2 rings (SSSR count). The third kappa shape index (κ3) is 2.90. The number of hydrogen-bond acceptors (Lipinski definition) is 4. The zero-order valence-electron chi connectivity index (χ0n) is 11.9. The number of nitrogens with zero attached hydrogens (tertiary/aromatic N) is 3. The van der Waals surface area contributed by atoms with Crippen LogP contribution in [0.3, 0.4) is 0 Å². The zero-order chi connectivity index (χ0) is 14.9. The first kappa shape index (κ1) is 14.7. The van der Waals surface area contributed by atoms with Crippen LogP contribution >= 0.6 is 15.9 Å². The highest BCUT2D eigenvalue weighted by molar-refractivity contribution is 9.10. The Morgan fingerprint density at radius 1 is 1.35 bits per heavy atom. The van der Waals surface area contributed by atoms with Crippen molar-refractivity contribution in [2.75, 3.05) is 5.32 Å². The smallest absolute Gasteiger partial charge is 0.297 e. The highest BCUT2D eigenvalue weighted by Crippen LogP contribution is 2.20. The van der Waals surface area contributed by atoms with Crippen LogP contribution in [-0.2, 0) is 0 Å². The van der Waals surface area contributed by atoms with Crippen LogP contribution < -0.4 is 5.32 Å². The predicted octanol–water partition coefficient (Wildman–Crippen LogP) is 3.17. The summed E-state index contributed by atoms with van der Waals surface area (Å²) < 4.78 is 2.23. The van der Waals surface area contributed by atoms with Crippen LogP contribution in [0.2, 0.25) is 0 Å². The third-order valence-electron chi connectivity index (χ3n) is 2.80. The van der Waals surface area contributed by atoms with Gasteiger partial charge >= 0.3 is 0 Å². The van der Waals surface area contributed by atoms with Gasteiger partial charge in [0, 0.05) is 6.04 Å². The first-order valence-corrected chi connectivity index (χ1v) is 7.19. The number of pyridine rings is 1. The summed E-state index contributed by atoms with van der Waals surface area (Å²) in [6, 6.07) is 5.60. The fraction of sp³-hybridized carbons (Fsp3) is 0.357. The molecule has 0 spiro atoms. The molecule has 0 amide bonds. The Kier molecular flexibility index (Phi) is 4.23. The second kappa shape index (κ2) is 5.75. The fourth-order valence-corrected chi connectivity index (χ4v) is 2.11. The minimum Gasteiger partial charge on any atom is -0.368 e. The lowest BCUT2D eigenvalue weighted by atomic mass is 10.3. The molecule has 0 aliphatic carbocycles. The highest BCUT2D eigenvalue weighted by Gasteiger charge is 2.17. The molecule has 2 aromatic rings. The maximum atomic E-state index is 12.5. The summed E-state index contributed by atoms with van der Waals surface area (Å²) in [7, 11) is 0. The van der Waals surface area contributed by atoms with E-state index in [2.05, 4.69) is 31.3 Å². The van der Waals surface area contributed by atoms with Gasteiger partial charge in [-0.25, -0.2) is 4.98 Å². The van der Waals surface area contributed by atoms with Crippen LogP contribution in [0.5, 0.6) is 0 Å². The molecule has 0 radical (unpaired) electrons. The summed E-state index contributed by atoms with van der Waals surface area (Å²) in [5, 5.41) is 7.42. The van der Waals surface area contributed by atoms with E-state index in [0.717, 1.165) is 15.9 Å². The molecule has 106 valence electrons. The molecule has 0 unspecified atom stereocenters. The number of aromatic nitrogens is 3. The van der Waals surface area contributed by atoms with E-state index in [1.807, 2.05) is 39.8 Å². The SMILES string of the molecule is Cc1nn(C(=O)c2cccc(NC(C)C)n2)c(C)c1Br. The van der Waals surface area contributed by atoms with E-state index in [0.29, 0.717) is 11.5 Å². The normalized spacial score (nSPS) is 10.9. The molecule has 20 heavy (non-hydrogen) atoms. The van der Waals surface area contributed by atoms with Gasteiger partial charge in [0.1, 0.15) is 11.5 Å². The fourth-order valence-electron chi connectivity index (χ4n) is 1.86. The number of hydrogen-bond donors (Lipinski definition) is 1. The van der Waals surface area contributed by atoms with Crippen molar-refractivity contribution in [3.63, 3.8) is 0 Å². The molecule has 5 nitrogen and oxygen atoms in total. The summed E-state index contributed by atoms with van der Waals surface area (Å²) in [6.45, 7) is 7.74. The molecular weight excluding hydrogens is 320 g/mol. The number of nitrogens with one attached hydrogen (secondary N) is 1. The summed E-state index contributed by atoms with van der Waals surface area (Å²) in [4.78, 5) is 16.8. The molecule has 0 saturated heterocycles. The number of aryl methyl sites for hydroxylation is 1. The number of anilines is 1. The summed E-state index contributed by atoms with van der Waals surface area (Å²) in [5.74, 6) is 0.454. The van der Waals surface area contributed by atoms with Gasteiger partial charge in [0.15, 0.2) is 0 Å². The lowest BCUT2D eigenvalue weighted by molar-refractivity contribution is 0.0937. The molecule has 0 aliphatic heterocycles. The van der Waals surface area contributed by atoms with E-state index in [1.165, 1.54) is 4.68 Å². The summed E-state index contributed by atoms with van der Waals surface area (Å²) >= 11 is 3.42. The van der Waals surface area contributed by atoms with E-state index in [4.69, 9.17) is 0 Å². The highest BCUT2D eigenvalue weighted by atomic mass is 79.9. The Morgan fingerprint density at radius 2 is 2.05 bits per heavy atom. The van der Waals surface area contributed by atoms with Crippen molar-refractivity contribution in [3.05, 3.63) is 39.8 Å². The van der Waals surface area contributed by atoms with Crippen molar-refractivity contribution in [2.45, 2.75) is 33.7 Å². The number of rotatable bonds is 3. The monoisotopic (exact) mass is 336 g/mol. The molecule has 0 saturated carbocycles. The maximum Gasteiger partial charge on any atom is 0.297 e. The van der Waals surface area contributed by atoms with E-state index >= 15 is 0 Å². The average molecular weight is 337 g/mol. The van der Waals surface area contributed by atoms with Crippen molar-refractivity contribution < 1.29 is 4.79 Å². The first-order chi connectivity index (χ1) is 9.40. The first-order valence-electron chi connectivity index (χ1n) is 6.40. The standard InChI is InChI=1S/C14H17BrN4O/c1-8(2)16-12-7-5-6-11(17-12)14(20)19-10(4)13(15)9(3)18-19/h5-8H,1-4H3,(H,16,17). The molecule has 0 aliphatic rings. The van der Waals surface area contributed by atoms with Crippen molar-refractivity contribution in [1.29, 1.82) is 0 Å².